The molecule has 0 radical (unpaired) electrons. The molecule has 0 aliphatic heterocycles. The summed E-state index contributed by atoms with van der Waals surface area (Å²) in [7, 11) is 0. The third-order valence-electron chi connectivity index (χ3n) is 1.82. The Hall–Kier alpha value is -0.250. The fraction of sp³-hybridized carbons (Fsp3) is 0.111. The molecule has 0 saturated heterocycles. The minimum Gasteiger partial charge on any atom is -0.206 e. The van der Waals surface area contributed by atoms with E-state index in [0.717, 1.165) is 9.60 Å². The minimum absolute atomic E-state index is 0.190. The second kappa shape index (κ2) is 3.48. The maximum absolute atomic E-state index is 13.4. The fourth-order valence-electron chi connectivity index (χ4n) is 1.18. The molecule has 2 aromatic rings. The van der Waals surface area contributed by atoms with Crippen molar-refractivity contribution in [2.45, 2.75) is 4.90 Å². The molecule has 13 heavy (non-hydrogen) atoms. The standard InChI is InChI=1S/C9H6ClFS2/c1-12-7-4-6(11)5-2-3-13-9(5)8(7)10/h2-4H,1H3. The summed E-state index contributed by atoms with van der Waals surface area (Å²) in [5.74, 6) is -0.190. The summed E-state index contributed by atoms with van der Waals surface area (Å²) in [5.41, 5.74) is 0. The van der Waals surface area contributed by atoms with Gasteiger partial charge in [-0.2, -0.15) is 0 Å². The van der Waals surface area contributed by atoms with Gasteiger partial charge in [0.25, 0.3) is 0 Å². The average Bonchev–Trinajstić information content (AvgIpc) is 2.60. The Kier molecular flexibility index (Phi) is 2.49. The van der Waals surface area contributed by atoms with E-state index in [1.807, 2.05) is 11.6 Å². The largest absolute Gasteiger partial charge is 0.206 e. The third kappa shape index (κ3) is 1.45. The first-order valence-electron chi connectivity index (χ1n) is 3.63. The van der Waals surface area contributed by atoms with Crippen molar-refractivity contribution in [1.29, 1.82) is 0 Å². The molecule has 68 valence electrons. The predicted octanol–water partition coefficient (Wildman–Crippen LogP) is 4.42. The maximum atomic E-state index is 13.4. The Labute approximate surface area is 88.7 Å². The molecule has 0 aliphatic rings. The Morgan fingerprint density at radius 2 is 2.31 bits per heavy atom. The molecule has 0 spiro atoms. The molecule has 0 N–H and O–H groups in total. The molecule has 0 atom stereocenters. The van der Waals surface area contributed by atoms with Crippen molar-refractivity contribution in [2.24, 2.45) is 0 Å². The van der Waals surface area contributed by atoms with Gasteiger partial charge in [0, 0.05) is 10.3 Å². The highest BCUT2D eigenvalue weighted by molar-refractivity contribution is 7.98. The molecule has 0 fully saturated rings. The van der Waals surface area contributed by atoms with Gasteiger partial charge in [-0.25, -0.2) is 4.39 Å². The van der Waals surface area contributed by atoms with Crippen LogP contribution >= 0.6 is 34.7 Å². The van der Waals surface area contributed by atoms with Crippen molar-refractivity contribution in [3.05, 3.63) is 28.4 Å². The lowest BCUT2D eigenvalue weighted by molar-refractivity contribution is 0.637. The Balaban J connectivity index is 2.85. The summed E-state index contributed by atoms with van der Waals surface area (Å²) >= 11 is 9.01. The number of thiophene rings is 1. The third-order valence-corrected chi connectivity index (χ3v) is 4.13. The van der Waals surface area contributed by atoms with E-state index in [9.17, 15) is 4.39 Å². The van der Waals surface area contributed by atoms with E-state index in [1.165, 1.54) is 29.2 Å². The van der Waals surface area contributed by atoms with E-state index in [1.54, 1.807) is 6.07 Å². The van der Waals surface area contributed by atoms with Gasteiger partial charge in [0.1, 0.15) is 5.82 Å². The van der Waals surface area contributed by atoms with Crippen LogP contribution < -0.4 is 0 Å². The number of hydrogen-bond acceptors (Lipinski definition) is 2. The van der Waals surface area contributed by atoms with Crippen molar-refractivity contribution in [3.8, 4) is 0 Å². The van der Waals surface area contributed by atoms with Gasteiger partial charge in [-0.05, 0) is 23.8 Å². The van der Waals surface area contributed by atoms with Crippen LogP contribution in [0, 0.1) is 5.82 Å². The van der Waals surface area contributed by atoms with E-state index in [-0.39, 0.29) is 5.82 Å². The highest BCUT2D eigenvalue weighted by Gasteiger charge is 2.10. The first kappa shape index (κ1) is 9.31. The van der Waals surface area contributed by atoms with Gasteiger partial charge < -0.3 is 0 Å². The highest BCUT2D eigenvalue weighted by atomic mass is 35.5. The first-order chi connectivity index (χ1) is 6.24. The fourth-order valence-corrected chi connectivity index (χ4v) is 3.12. The lowest BCUT2D eigenvalue weighted by Crippen LogP contribution is -1.79. The lowest BCUT2D eigenvalue weighted by atomic mass is 10.2. The molecule has 4 heteroatoms. The van der Waals surface area contributed by atoms with Gasteiger partial charge in [0.2, 0.25) is 0 Å². The molecule has 1 heterocycles. The van der Waals surface area contributed by atoms with E-state index in [4.69, 9.17) is 11.6 Å². The Bertz CT molecular complexity index is 450. The van der Waals surface area contributed by atoms with Gasteiger partial charge in [-0.15, -0.1) is 23.1 Å². The Morgan fingerprint density at radius 3 is 3.00 bits per heavy atom. The second-order valence-corrected chi connectivity index (χ2v) is 4.68. The first-order valence-corrected chi connectivity index (χ1v) is 6.11. The van der Waals surface area contributed by atoms with E-state index in [2.05, 4.69) is 0 Å². The number of thioether (sulfide) groups is 1. The summed E-state index contributed by atoms with van der Waals surface area (Å²) < 4.78 is 14.2. The van der Waals surface area contributed by atoms with Gasteiger partial charge >= 0.3 is 0 Å². The summed E-state index contributed by atoms with van der Waals surface area (Å²) in [6.45, 7) is 0. The summed E-state index contributed by atoms with van der Waals surface area (Å²) in [6.07, 6.45) is 1.89. The molecule has 1 aromatic carbocycles. The molecular weight excluding hydrogens is 227 g/mol. The van der Waals surface area contributed by atoms with Gasteiger partial charge in [0.15, 0.2) is 0 Å². The van der Waals surface area contributed by atoms with E-state index in [0.29, 0.717) is 10.4 Å². The molecule has 1 aromatic heterocycles. The molecule has 0 saturated carbocycles. The normalized spacial score (nSPS) is 11.0. The van der Waals surface area contributed by atoms with Crippen LogP contribution in [0.15, 0.2) is 22.4 Å². The molecule has 0 unspecified atom stereocenters. The van der Waals surface area contributed by atoms with Crippen LogP contribution in [0.3, 0.4) is 0 Å². The van der Waals surface area contributed by atoms with Crippen LogP contribution in [-0.2, 0) is 0 Å². The van der Waals surface area contributed by atoms with Crippen molar-refractivity contribution >= 4 is 44.8 Å². The van der Waals surface area contributed by atoms with Crippen LogP contribution in [0.25, 0.3) is 10.1 Å². The monoisotopic (exact) mass is 232 g/mol. The predicted molar refractivity (Wildman–Crippen MR) is 58.6 cm³/mol. The highest BCUT2D eigenvalue weighted by Crippen LogP contribution is 2.37. The van der Waals surface area contributed by atoms with E-state index < -0.39 is 0 Å². The molecule has 0 amide bonds. The number of halogens is 2. The number of fused-ring (bicyclic) bond motifs is 1. The maximum Gasteiger partial charge on any atom is 0.133 e. The van der Waals surface area contributed by atoms with Gasteiger partial charge in [-0.3, -0.25) is 0 Å². The van der Waals surface area contributed by atoms with Crippen LogP contribution in [-0.4, -0.2) is 6.26 Å². The summed E-state index contributed by atoms with van der Waals surface area (Å²) in [5, 5.41) is 3.13. The van der Waals surface area contributed by atoms with Crippen molar-refractivity contribution in [3.63, 3.8) is 0 Å². The topological polar surface area (TPSA) is 0 Å². The molecular formula is C9H6ClFS2. The SMILES string of the molecule is CSc1cc(F)c2ccsc2c1Cl. The zero-order valence-corrected chi connectivity index (χ0v) is 9.19. The van der Waals surface area contributed by atoms with Crippen molar-refractivity contribution in [2.75, 3.05) is 6.26 Å². The number of hydrogen-bond donors (Lipinski definition) is 0. The zero-order valence-electron chi connectivity index (χ0n) is 6.80. The molecule has 0 bridgehead atoms. The van der Waals surface area contributed by atoms with Gasteiger partial charge in [0.05, 0.1) is 9.72 Å². The zero-order chi connectivity index (χ0) is 9.42. The summed E-state index contributed by atoms with van der Waals surface area (Å²) in [4.78, 5) is 0.800. The van der Waals surface area contributed by atoms with Gasteiger partial charge in [-0.1, -0.05) is 11.6 Å². The molecule has 0 nitrogen and oxygen atoms in total. The molecule has 0 aliphatic carbocycles. The lowest BCUT2D eigenvalue weighted by Gasteiger charge is -2.02. The molecule has 2 rings (SSSR count). The average molecular weight is 233 g/mol. The van der Waals surface area contributed by atoms with Crippen LogP contribution in [0.1, 0.15) is 0 Å². The van der Waals surface area contributed by atoms with Crippen LogP contribution in [0.4, 0.5) is 4.39 Å². The van der Waals surface area contributed by atoms with Crippen LogP contribution in [0.5, 0.6) is 0 Å². The van der Waals surface area contributed by atoms with Crippen LogP contribution in [0.2, 0.25) is 5.02 Å². The Morgan fingerprint density at radius 1 is 1.54 bits per heavy atom. The second-order valence-electron chi connectivity index (χ2n) is 2.54. The number of rotatable bonds is 1. The quantitative estimate of drug-likeness (QED) is 0.656. The summed E-state index contributed by atoms with van der Waals surface area (Å²) in [6, 6.07) is 3.24. The van der Waals surface area contributed by atoms with Crippen molar-refractivity contribution in [1.82, 2.24) is 0 Å². The number of benzene rings is 1. The van der Waals surface area contributed by atoms with E-state index >= 15 is 0 Å². The smallest absolute Gasteiger partial charge is 0.133 e. The minimum atomic E-state index is -0.190. The van der Waals surface area contributed by atoms with Crippen molar-refractivity contribution < 1.29 is 4.39 Å².